The molecule has 0 unspecified atom stereocenters. The molecule has 78 valence electrons. The van der Waals surface area contributed by atoms with Gasteiger partial charge in [-0.2, -0.15) is 5.10 Å². The second-order valence-electron chi connectivity index (χ2n) is 3.73. The van der Waals surface area contributed by atoms with E-state index in [9.17, 15) is 8.42 Å². The summed E-state index contributed by atoms with van der Waals surface area (Å²) >= 11 is 0. The molecule has 1 aromatic rings. The summed E-state index contributed by atoms with van der Waals surface area (Å²) < 4.78 is 24.0. The van der Waals surface area contributed by atoms with Crippen molar-refractivity contribution in [2.24, 2.45) is 12.2 Å². The van der Waals surface area contributed by atoms with Gasteiger partial charge >= 0.3 is 0 Å². The van der Waals surface area contributed by atoms with Crippen LogP contribution in [0.25, 0.3) is 0 Å². The highest BCUT2D eigenvalue weighted by atomic mass is 32.2. The molecule has 1 aromatic heterocycles. The van der Waals surface area contributed by atoms with Gasteiger partial charge in [0.05, 0.1) is 5.69 Å². The highest BCUT2D eigenvalue weighted by Crippen LogP contribution is 2.37. The highest BCUT2D eigenvalue weighted by Gasteiger charge is 2.28. The van der Waals surface area contributed by atoms with E-state index in [1.54, 1.807) is 7.05 Å². The molecule has 0 amide bonds. The zero-order valence-electron chi connectivity index (χ0n) is 7.97. The smallest absolute Gasteiger partial charge is 0.241 e. The van der Waals surface area contributed by atoms with Gasteiger partial charge in [0.1, 0.15) is 4.90 Å². The Morgan fingerprint density at radius 2 is 2.21 bits per heavy atom. The van der Waals surface area contributed by atoms with Crippen molar-refractivity contribution in [1.29, 1.82) is 0 Å². The average Bonchev–Trinajstić information content (AvgIpc) is 2.26. The molecule has 1 fully saturated rings. The summed E-state index contributed by atoms with van der Waals surface area (Å²) in [5.41, 5.74) is 0.640. The number of primary sulfonamides is 1. The van der Waals surface area contributed by atoms with Gasteiger partial charge < -0.3 is 0 Å². The monoisotopic (exact) mass is 215 g/mol. The summed E-state index contributed by atoms with van der Waals surface area (Å²) in [6, 6.07) is 0. The predicted molar refractivity (Wildman–Crippen MR) is 51.2 cm³/mol. The van der Waals surface area contributed by atoms with Crippen molar-refractivity contribution in [3.05, 3.63) is 11.9 Å². The van der Waals surface area contributed by atoms with Crippen molar-refractivity contribution >= 4 is 10.0 Å². The van der Waals surface area contributed by atoms with Crippen molar-refractivity contribution in [3.63, 3.8) is 0 Å². The van der Waals surface area contributed by atoms with Crippen LogP contribution in [0.15, 0.2) is 11.1 Å². The largest absolute Gasteiger partial charge is 0.274 e. The maximum Gasteiger partial charge on any atom is 0.241 e. The van der Waals surface area contributed by atoms with E-state index in [4.69, 9.17) is 5.14 Å². The molecule has 1 aliphatic rings. The summed E-state index contributed by atoms with van der Waals surface area (Å²) in [5, 5.41) is 9.26. The van der Waals surface area contributed by atoms with Crippen molar-refractivity contribution in [1.82, 2.24) is 9.78 Å². The van der Waals surface area contributed by atoms with Gasteiger partial charge in [-0.25, -0.2) is 13.6 Å². The normalized spacial score (nSPS) is 18.1. The molecule has 2 N–H and O–H groups in total. The summed E-state index contributed by atoms with van der Waals surface area (Å²) in [6.07, 6.45) is 4.65. The molecule has 0 saturated heterocycles. The fourth-order valence-electron chi connectivity index (χ4n) is 1.67. The van der Waals surface area contributed by atoms with Gasteiger partial charge in [-0.3, -0.25) is 4.68 Å². The van der Waals surface area contributed by atoms with Crippen LogP contribution >= 0.6 is 0 Å². The first-order valence-electron chi connectivity index (χ1n) is 4.55. The van der Waals surface area contributed by atoms with E-state index in [1.807, 2.05) is 0 Å². The molecule has 14 heavy (non-hydrogen) atoms. The van der Waals surface area contributed by atoms with Gasteiger partial charge in [0.2, 0.25) is 10.0 Å². The highest BCUT2D eigenvalue weighted by molar-refractivity contribution is 7.89. The lowest BCUT2D eigenvalue weighted by Gasteiger charge is -2.23. The fourth-order valence-corrected chi connectivity index (χ4v) is 2.47. The van der Waals surface area contributed by atoms with Gasteiger partial charge in [0, 0.05) is 19.2 Å². The molecule has 0 aromatic carbocycles. The molecule has 1 aliphatic carbocycles. The summed E-state index contributed by atoms with van der Waals surface area (Å²) in [5.74, 6) is 0.282. The van der Waals surface area contributed by atoms with E-state index < -0.39 is 10.0 Å². The van der Waals surface area contributed by atoms with Gasteiger partial charge in [0.25, 0.3) is 0 Å². The van der Waals surface area contributed by atoms with E-state index in [1.165, 1.54) is 10.9 Å². The van der Waals surface area contributed by atoms with Crippen LogP contribution in [-0.2, 0) is 17.1 Å². The van der Waals surface area contributed by atoms with Crippen molar-refractivity contribution in [2.75, 3.05) is 0 Å². The van der Waals surface area contributed by atoms with Gasteiger partial charge in [-0.15, -0.1) is 0 Å². The Morgan fingerprint density at radius 3 is 2.64 bits per heavy atom. The molecule has 2 rings (SSSR count). The third kappa shape index (κ3) is 1.55. The number of rotatable bonds is 2. The van der Waals surface area contributed by atoms with Crippen molar-refractivity contribution in [2.45, 2.75) is 30.1 Å². The Balaban J connectivity index is 2.48. The number of aryl methyl sites for hydroxylation is 1. The van der Waals surface area contributed by atoms with E-state index in [0.29, 0.717) is 5.69 Å². The Hall–Kier alpha value is -0.880. The van der Waals surface area contributed by atoms with Crippen LogP contribution in [0.2, 0.25) is 0 Å². The number of sulfonamides is 1. The number of nitrogens with zero attached hydrogens (tertiary/aromatic N) is 2. The molecule has 0 bridgehead atoms. The molecule has 1 heterocycles. The van der Waals surface area contributed by atoms with Crippen molar-refractivity contribution < 1.29 is 8.42 Å². The summed E-state index contributed by atoms with van der Waals surface area (Å²) in [7, 11) is -1.91. The van der Waals surface area contributed by atoms with Crippen LogP contribution in [0.1, 0.15) is 30.9 Å². The Morgan fingerprint density at radius 1 is 1.57 bits per heavy atom. The molecule has 0 aliphatic heterocycles. The average molecular weight is 215 g/mol. The Labute approximate surface area is 83.0 Å². The number of nitrogens with two attached hydrogens (primary N) is 1. The summed E-state index contributed by atoms with van der Waals surface area (Å²) in [6.45, 7) is 0. The zero-order valence-corrected chi connectivity index (χ0v) is 8.79. The quantitative estimate of drug-likeness (QED) is 0.772. The number of hydrogen-bond donors (Lipinski definition) is 1. The van der Waals surface area contributed by atoms with E-state index in [0.717, 1.165) is 19.3 Å². The van der Waals surface area contributed by atoms with Crippen molar-refractivity contribution in [3.8, 4) is 0 Å². The van der Waals surface area contributed by atoms with Gasteiger partial charge in [-0.1, -0.05) is 6.42 Å². The molecular formula is C8H13N3O2S. The van der Waals surface area contributed by atoms with Crippen LogP contribution in [0.3, 0.4) is 0 Å². The minimum atomic E-state index is -3.62. The fraction of sp³-hybridized carbons (Fsp3) is 0.625. The molecule has 0 atom stereocenters. The number of aromatic nitrogens is 2. The SMILES string of the molecule is Cn1cc(S(N)(=O)=O)c(C2CCC2)n1. The standard InChI is InChI=1S/C8H13N3O2S/c1-11-5-7(14(9,12)13)8(10-11)6-3-2-4-6/h5-6H,2-4H2,1H3,(H2,9,12,13). The van der Waals surface area contributed by atoms with Crippen LogP contribution < -0.4 is 5.14 Å². The predicted octanol–water partition coefficient (Wildman–Crippen LogP) is 0.335. The lowest BCUT2D eigenvalue weighted by molar-refractivity contribution is 0.402. The number of hydrogen-bond acceptors (Lipinski definition) is 3. The van der Waals surface area contributed by atoms with Crippen LogP contribution in [0.5, 0.6) is 0 Å². The third-order valence-electron chi connectivity index (χ3n) is 2.62. The lowest BCUT2D eigenvalue weighted by Crippen LogP contribution is -2.17. The molecular weight excluding hydrogens is 202 g/mol. The topological polar surface area (TPSA) is 78.0 Å². The maximum absolute atomic E-state index is 11.2. The van der Waals surface area contributed by atoms with E-state index in [-0.39, 0.29) is 10.8 Å². The first-order chi connectivity index (χ1) is 6.48. The maximum atomic E-state index is 11.2. The molecule has 0 radical (unpaired) electrons. The Kier molecular flexibility index (Phi) is 2.11. The minimum absolute atomic E-state index is 0.185. The lowest BCUT2D eigenvalue weighted by atomic mass is 9.83. The second kappa shape index (κ2) is 3.06. The first-order valence-corrected chi connectivity index (χ1v) is 6.09. The molecule has 5 nitrogen and oxygen atoms in total. The Bertz CT molecular complexity index is 445. The third-order valence-corrected chi connectivity index (χ3v) is 3.55. The van der Waals surface area contributed by atoms with Gasteiger partial charge in [0.15, 0.2) is 0 Å². The van der Waals surface area contributed by atoms with Gasteiger partial charge in [-0.05, 0) is 12.8 Å². The second-order valence-corrected chi connectivity index (χ2v) is 5.25. The zero-order chi connectivity index (χ0) is 10.3. The molecule has 1 saturated carbocycles. The molecule has 0 spiro atoms. The first kappa shape index (κ1) is 9.67. The van der Waals surface area contributed by atoms with Crippen LogP contribution in [0.4, 0.5) is 0 Å². The minimum Gasteiger partial charge on any atom is -0.274 e. The van der Waals surface area contributed by atoms with E-state index >= 15 is 0 Å². The van der Waals surface area contributed by atoms with E-state index in [2.05, 4.69) is 5.10 Å². The summed E-state index contributed by atoms with van der Waals surface area (Å²) in [4.78, 5) is 0.185. The van der Waals surface area contributed by atoms with Crippen LogP contribution in [-0.4, -0.2) is 18.2 Å². The molecule has 6 heteroatoms. The van der Waals surface area contributed by atoms with Crippen LogP contribution in [0, 0.1) is 0 Å².